The molecular formula is C14H23N3O4S. The van der Waals surface area contributed by atoms with E-state index in [4.69, 9.17) is 4.74 Å². The van der Waals surface area contributed by atoms with Crippen molar-refractivity contribution in [2.45, 2.75) is 11.8 Å². The predicted octanol–water partition coefficient (Wildman–Crippen LogP) is 0.285. The first-order chi connectivity index (χ1) is 10.3. The van der Waals surface area contributed by atoms with Crippen molar-refractivity contribution in [1.82, 2.24) is 14.9 Å². The third kappa shape index (κ3) is 4.97. The Morgan fingerprint density at radius 2 is 2.00 bits per heavy atom. The van der Waals surface area contributed by atoms with Gasteiger partial charge in [-0.1, -0.05) is 6.92 Å². The van der Waals surface area contributed by atoms with Gasteiger partial charge in [0.2, 0.25) is 10.0 Å². The summed E-state index contributed by atoms with van der Waals surface area (Å²) in [4.78, 5) is 14.2. The van der Waals surface area contributed by atoms with E-state index in [2.05, 4.69) is 10.0 Å². The van der Waals surface area contributed by atoms with Crippen LogP contribution in [0.25, 0.3) is 0 Å². The zero-order valence-electron chi connectivity index (χ0n) is 13.3. The standard InChI is InChI=1S/C14H23N3O4S/c1-5-16-22(19,20)11-6-7-13(21-4)12(10-11)14(18)15-8-9-17(2)3/h6-7,10,16H,5,8-9H2,1-4H3,(H,15,18). The normalized spacial score (nSPS) is 11.5. The first-order valence-corrected chi connectivity index (χ1v) is 8.40. The number of carbonyl (C=O) groups excluding carboxylic acids is 1. The van der Waals surface area contributed by atoms with Gasteiger partial charge in [-0.2, -0.15) is 0 Å². The largest absolute Gasteiger partial charge is 0.496 e. The number of rotatable bonds is 8. The molecule has 1 rings (SSSR count). The Bertz CT molecular complexity index is 615. The molecule has 2 N–H and O–H groups in total. The predicted molar refractivity (Wildman–Crippen MR) is 84.7 cm³/mol. The Morgan fingerprint density at radius 1 is 1.32 bits per heavy atom. The summed E-state index contributed by atoms with van der Waals surface area (Å²) in [5.41, 5.74) is 0.195. The lowest BCUT2D eigenvalue weighted by atomic mass is 10.2. The summed E-state index contributed by atoms with van der Waals surface area (Å²) in [5, 5.41) is 2.74. The van der Waals surface area contributed by atoms with Gasteiger partial charge >= 0.3 is 0 Å². The number of carbonyl (C=O) groups is 1. The summed E-state index contributed by atoms with van der Waals surface area (Å²) in [6.07, 6.45) is 0. The Morgan fingerprint density at radius 3 is 2.55 bits per heavy atom. The molecule has 22 heavy (non-hydrogen) atoms. The van der Waals surface area contributed by atoms with Gasteiger partial charge in [0.15, 0.2) is 0 Å². The summed E-state index contributed by atoms with van der Waals surface area (Å²) in [5.74, 6) is -0.0370. The molecule has 0 atom stereocenters. The van der Waals surface area contributed by atoms with Gasteiger partial charge in [-0.25, -0.2) is 13.1 Å². The molecule has 124 valence electrons. The van der Waals surface area contributed by atoms with E-state index in [0.29, 0.717) is 18.8 Å². The maximum Gasteiger partial charge on any atom is 0.255 e. The average molecular weight is 329 g/mol. The van der Waals surface area contributed by atoms with Crippen molar-refractivity contribution in [3.63, 3.8) is 0 Å². The molecule has 0 heterocycles. The van der Waals surface area contributed by atoms with Crippen LogP contribution in [0.2, 0.25) is 0 Å². The lowest BCUT2D eigenvalue weighted by Gasteiger charge is -2.13. The average Bonchev–Trinajstić information content (AvgIpc) is 2.46. The van der Waals surface area contributed by atoms with Crippen LogP contribution < -0.4 is 14.8 Å². The number of methoxy groups -OCH3 is 1. The Hall–Kier alpha value is -1.64. The molecule has 1 aromatic rings. The number of hydrogen-bond acceptors (Lipinski definition) is 5. The van der Waals surface area contributed by atoms with Crippen LogP contribution in [0.5, 0.6) is 5.75 Å². The van der Waals surface area contributed by atoms with Gasteiger partial charge in [0.25, 0.3) is 5.91 Å². The number of likely N-dealkylation sites (N-methyl/N-ethyl adjacent to an activating group) is 1. The molecule has 0 aromatic heterocycles. The molecule has 0 bridgehead atoms. The zero-order chi connectivity index (χ0) is 16.8. The van der Waals surface area contributed by atoms with Crippen molar-refractivity contribution in [1.29, 1.82) is 0 Å². The van der Waals surface area contributed by atoms with Crippen molar-refractivity contribution in [2.75, 3.05) is 40.8 Å². The highest BCUT2D eigenvalue weighted by Crippen LogP contribution is 2.22. The number of ether oxygens (including phenoxy) is 1. The highest BCUT2D eigenvalue weighted by molar-refractivity contribution is 7.89. The molecule has 0 aliphatic carbocycles. The van der Waals surface area contributed by atoms with Crippen LogP contribution in [0.3, 0.4) is 0 Å². The molecule has 8 heteroatoms. The molecule has 0 aliphatic heterocycles. The van der Waals surface area contributed by atoms with Gasteiger partial charge in [-0.15, -0.1) is 0 Å². The van der Waals surface area contributed by atoms with E-state index >= 15 is 0 Å². The van der Waals surface area contributed by atoms with Crippen molar-refractivity contribution in [3.05, 3.63) is 23.8 Å². The Kier molecular flexibility index (Phi) is 6.79. The maximum absolute atomic E-state index is 12.2. The molecule has 0 aliphatic rings. The highest BCUT2D eigenvalue weighted by atomic mass is 32.2. The minimum absolute atomic E-state index is 0.0351. The second-order valence-electron chi connectivity index (χ2n) is 4.92. The fraction of sp³-hybridized carbons (Fsp3) is 0.500. The molecule has 0 unspecified atom stereocenters. The van der Waals surface area contributed by atoms with Gasteiger partial charge in [-0.3, -0.25) is 4.79 Å². The van der Waals surface area contributed by atoms with Crippen molar-refractivity contribution >= 4 is 15.9 Å². The van der Waals surface area contributed by atoms with E-state index in [1.807, 2.05) is 19.0 Å². The van der Waals surface area contributed by atoms with Crippen molar-refractivity contribution in [3.8, 4) is 5.75 Å². The monoisotopic (exact) mass is 329 g/mol. The number of sulfonamides is 1. The third-order valence-electron chi connectivity index (χ3n) is 2.90. The van der Waals surface area contributed by atoms with Gasteiger partial charge in [-0.05, 0) is 32.3 Å². The van der Waals surface area contributed by atoms with E-state index < -0.39 is 10.0 Å². The van der Waals surface area contributed by atoms with Crippen molar-refractivity contribution in [2.24, 2.45) is 0 Å². The lowest BCUT2D eigenvalue weighted by molar-refractivity contribution is 0.0948. The van der Waals surface area contributed by atoms with Crippen LogP contribution in [-0.2, 0) is 10.0 Å². The molecule has 1 aromatic carbocycles. The van der Waals surface area contributed by atoms with Gasteiger partial charge < -0.3 is 15.0 Å². The van der Waals surface area contributed by atoms with Crippen LogP contribution in [-0.4, -0.2) is 60.1 Å². The molecule has 0 spiro atoms. The number of nitrogens with one attached hydrogen (secondary N) is 2. The summed E-state index contributed by atoms with van der Waals surface area (Å²) in [7, 11) is 1.61. The van der Waals surface area contributed by atoms with Crippen molar-refractivity contribution < 1.29 is 17.9 Å². The first-order valence-electron chi connectivity index (χ1n) is 6.92. The quantitative estimate of drug-likeness (QED) is 0.715. The Balaban J connectivity index is 3.03. The number of benzene rings is 1. The van der Waals surface area contributed by atoms with E-state index in [0.717, 1.165) is 0 Å². The lowest BCUT2D eigenvalue weighted by Crippen LogP contribution is -2.31. The van der Waals surface area contributed by atoms with E-state index in [9.17, 15) is 13.2 Å². The molecule has 0 saturated heterocycles. The molecular weight excluding hydrogens is 306 g/mol. The van der Waals surface area contributed by atoms with Crippen LogP contribution in [0.4, 0.5) is 0 Å². The van der Waals surface area contributed by atoms with E-state index in [-0.39, 0.29) is 22.9 Å². The SMILES string of the molecule is CCNS(=O)(=O)c1ccc(OC)c(C(=O)NCCN(C)C)c1. The molecule has 7 nitrogen and oxygen atoms in total. The third-order valence-corrected chi connectivity index (χ3v) is 4.45. The summed E-state index contributed by atoms with van der Waals surface area (Å²) >= 11 is 0. The van der Waals surface area contributed by atoms with Crippen LogP contribution in [0.15, 0.2) is 23.1 Å². The molecule has 0 saturated carbocycles. The summed E-state index contributed by atoms with van der Waals surface area (Å²) in [6.45, 7) is 3.11. The van der Waals surface area contributed by atoms with Crippen LogP contribution >= 0.6 is 0 Å². The summed E-state index contributed by atoms with van der Waals surface area (Å²) < 4.78 is 31.6. The van der Waals surface area contributed by atoms with Gasteiger partial charge in [0.05, 0.1) is 17.6 Å². The second-order valence-corrected chi connectivity index (χ2v) is 6.69. The zero-order valence-corrected chi connectivity index (χ0v) is 14.2. The Labute approximate surface area is 131 Å². The highest BCUT2D eigenvalue weighted by Gasteiger charge is 2.19. The minimum atomic E-state index is -3.62. The fourth-order valence-electron chi connectivity index (χ4n) is 1.79. The minimum Gasteiger partial charge on any atom is -0.496 e. The topological polar surface area (TPSA) is 87.7 Å². The number of hydrogen-bond donors (Lipinski definition) is 2. The van der Waals surface area contributed by atoms with E-state index in [1.54, 1.807) is 6.92 Å². The van der Waals surface area contributed by atoms with Gasteiger partial charge in [0.1, 0.15) is 5.75 Å². The maximum atomic E-state index is 12.2. The summed E-state index contributed by atoms with van der Waals surface area (Å²) in [6, 6.07) is 4.21. The smallest absolute Gasteiger partial charge is 0.255 e. The molecule has 1 amide bonds. The number of nitrogens with zero attached hydrogens (tertiary/aromatic N) is 1. The first kappa shape index (κ1) is 18.4. The fourth-order valence-corrected chi connectivity index (χ4v) is 2.86. The number of amides is 1. The van der Waals surface area contributed by atoms with Gasteiger partial charge in [0, 0.05) is 19.6 Å². The van der Waals surface area contributed by atoms with Crippen LogP contribution in [0.1, 0.15) is 17.3 Å². The van der Waals surface area contributed by atoms with E-state index in [1.165, 1.54) is 25.3 Å². The van der Waals surface area contributed by atoms with Crippen LogP contribution in [0, 0.1) is 0 Å². The molecule has 0 radical (unpaired) electrons. The molecule has 0 fully saturated rings. The second kappa shape index (κ2) is 8.11.